The van der Waals surface area contributed by atoms with E-state index in [0.29, 0.717) is 33.7 Å². The first kappa shape index (κ1) is 39.0. The zero-order valence-electron chi connectivity index (χ0n) is 46.6. The highest BCUT2D eigenvalue weighted by molar-refractivity contribution is 5.98. The maximum Gasteiger partial charge on any atom is 0.149 e. The van der Waals surface area contributed by atoms with Crippen molar-refractivity contribution in [1.82, 2.24) is 14.5 Å². The largest absolute Gasteiger partial charge is 0.507 e. The normalized spacial score (nSPS) is 13.6. The van der Waals surface area contributed by atoms with E-state index in [9.17, 15) is 9.22 Å². The van der Waals surface area contributed by atoms with Gasteiger partial charge in [-0.25, -0.2) is 4.98 Å². The van der Waals surface area contributed by atoms with Crippen LogP contribution in [0.2, 0.25) is 0 Å². The fourth-order valence-corrected chi connectivity index (χ4v) is 10.1. The first-order chi connectivity index (χ1) is 35.2. The van der Waals surface area contributed by atoms with Crippen LogP contribution < -0.4 is 0 Å². The summed E-state index contributed by atoms with van der Waals surface area (Å²) in [4.78, 5) is 10.3. The van der Waals surface area contributed by atoms with E-state index < -0.39 is 13.7 Å². The van der Waals surface area contributed by atoms with Crippen LogP contribution in [0.3, 0.4) is 0 Å². The molecule has 0 saturated carbocycles. The Morgan fingerprint density at radius 1 is 0.529 bits per heavy atom. The third-order valence-electron chi connectivity index (χ3n) is 15.0. The van der Waals surface area contributed by atoms with Crippen LogP contribution >= 0.6 is 0 Å². The maximum atomic E-state index is 12.0. The van der Waals surface area contributed by atoms with E-state index in [1.54, 1.807) is 18.3 Å². The Hall–Kier alpha value is -7.04. The van der Waals surface area contributed by atoms with Crippen molar-refractivity contribution in [3.8, 4) is 78.6 Å². The molecule has 0 saturated heterocycles. The Kier molecular flexibility index (Phi) is 10.6. The summed E-state index contributed by atoms with van der Waals surface area (Å²) < 4.78 is 53.4. The number of aromatic hydroxyl groups is 1. The standard InChI is InChI=1S/C64H65N3O/c1-11-63(9,12-2)54-23-19-24-55(64(10,13-3)14-4)59(54)48-30-31-57(43(7)36-48)67-58-25-18-22-52(60(58)66-62(67)53-35-42(6)34-44(8)61(53)68)50-37-49(45-20-16-15-17-21-45)38-51(39-50)56-40-47(32-33-65-56)46-28-26-41(5)27-29-46/h15-40,68H,11-14H2,1-10H3/i5D3,7D3. The summed E-state index contributed by atoms with van der Waals surface area (Å²) in [6.07, 6.45) is 5.47. The minimum Gasteiger partial charge on any atom is -0.507 e. The fraction of sp³-hybridized carbons (Fsp3) is 0.250. The third kappa shape index (κ3) is 8.36. The number of pyridine rings is 1. The maximum absolute atomic E-state index is 12.0. The molecule has 0 atom stereocenters. The summed E-state index contributed by atoms with van der Waals surface area (Å²) in [5.74, 6) is 0.493. The van der Waals surface area contributed by atoms with Gasteiger partial charge in [-0.2, -0.15) is 0 Å². The van der Waals surface area contributed by atoms with Gasteiger partial charge in [-0.05, 0) is 185 Å². The number of hydrogen-bond acceptors (Lipinski definition) is 3. The van der Waals surface area contributed by atoms with Crippen LogP contribution in [0.5, 0.6) is 5.75 Å². The lowest BCUT2D eigenvalue weighted by Gasteiger charge is -2.36. The monoisotopic (exact) mass is 898 g/mol. The van der Waals surface area contributed by atoms with Crippen LogP contribution in [0, 0.1) is 27.6 Å². The second-order valence-corrected chi connectivity index (χ2v) is 19.1. The number of phenols is 1. The smallest absolute Gasteiger partial charge is 0.149 e. The number of imidazole rings is 1. The van der Waals surface area contributed by atoms with Crippen molar-refractivity contribution in [1.29, 1.82) is 0 Å². The molecule has 0 fully saturated rings. The van der Waals surface area contributed by atoms with Gasteiger partial charge in [0.25, 0.3) is 0 Å². The van der Waals surface area contributed by atoms with Gasteiger partial charge in [-0.15, -0.1) is 0 Å². The van der Waals surface area contributed by atoms with Crippen molar-refractivity contribution < 1.29 is 13.3 Å². The Labute approximate surface area is 412 Å². The van der Waals surface area contributed by atoms with Crippen molar-refractivity contribution in [3.63, 3.8) is 0 Å². The number of benzene rings is 7. The molecule has 68 heavy (non-hydrogen) atoms. The lowest BCUT2D eigenvalue weighted by atomic mass is 9.68. The summed E-state index contributed by atoms with van der Waals surface area (Å²) in [7, 11) is 0. The zero-order chi connectivity index (χ0) is 52.9. The van der Waals surface area contributed by atoms with E-state index >= 15 is 0 Å². The second kappa shape index (κ2) is 18.6. The molecule has 4 heteroatoms. The summed E-state index contributed by atoms with van der Waals surface area (Å²) in [5, 5.41) is 12.0. The first-order valence-electron chi connectivity index (χ1n) is 27.1. The minimum atomic E-state index is -2.55. The van der Waals surface area contributed by atoms with Crippen LogP contribution in [0.15, 0.2) is 158 Å². The number of aryl methyl sites for hydroxylation is 4. The molecule has 4 nitrogen and oxygen atoms in total. The molecule has 342 valence electrons. The van der Waals surface area contributed by atoms with Gasteiger partial charge >= 0.3 is 0 Å². The number of nitrogens with zero attached hydrogens (tertiary/aromatic N) is 3. The molecule has 0 aliphatic heterocycles. The van der Waals surface area contributed by atoms with Gasteiger partial charge in [0.2, 0.25) is 0 Å². The van der Waals surface area contributed by atoms with Gasteiger partial charge in [0.15, 0.2) is 0 Å². The Bertz CT molecular complexity index is 3490. The Balaban J connectivity index is 1.31. The number of para-hydroxylation sites is 1. The molecule has 0 aliphatic carbocycles. The first-order valence-corrected chi connectivity index (χ1v) is 24.1. The Morgan fingerprint density at radius 2 is 1.18 bits per heavy atom. The van der Waals surface area contributed by atoms with Gasteiger partial charge in [-0.3, -0.25) is 9.55 Å². The highest BCUT2D eigenvalue weighted by atomic mass is 16.3. The van der Waals surface area contributed by atoms with Gasteiger partial charge in [0, 0.05) is 25.5 Å². The Morgan fingerprint density at radius 3 is 1.85 bits per heavy atom. The molecule has 9 rings (SSSR count). The van der Waals surface area contributed by atoms with Crippen LogP contribution in [-0.2, 0) is 10.8 Å². The second-order valence-electron chi connectivity index (χ2n) is 19.1. The van der Waals surface area contributed by atoms with Crippen LogP contribution in [0.25, 0.3) is 83.9 Å². The van der Waals surface area contributed by atoms with Crippen molar-refractivity contribution in [2.75, 3.05) is 0 Å². The average Bonchev–Trinajstić information content (AvgIpc) is 3.81. The van der Waals surface area contributed by atoms with Crippen LogP contribution in [0.1, 0.15) is 109 Å². The quantitative estimate of drug-likeness (QED) is 0.125. The summed E-state index contributed by atoms with van der Waals surface area (Å²) >= 11 is 0. The molecular formula is C64H65N3O. The van der Waals surface area contributed by atoms with E-state index in [0.717, 1.165) is 87.0 Å². The fourth-order valence-electron chi connectivity index (χ4n) is 10.1. The average molecular weight is 898 g/mol. The van der Waals surface area contributed by atoms with E-state index in [2.05, 4.69) is 96.1 Å². The lowest BCUT2D eigenvalue weighted by molar-refractivity contribution is 0.426. The number of rotatable bonds is 13. The third-order valence-corrected chi connectivity index (χ3v) is 15.0. The van der Waals surface area contributed by atoms with Crippen molar-refractivity contribution in [3.05, 3.63) is 191 Å². The van der Waals surface area contributed by atoms with E-state index in [-0.39, 0.29) is 27.7 Å². The molecule has 9 aromatic rings. The zero-order valence-corrected chi connectivity index (χ0v) is 40.6. The van der Waals surface area contributed by atoms with Crippen LogP contribution in [0.4, 0.5) is 0 Å². The molecule has 1 N–H and O–H groups in total. The predicted octanol–water partition coefficient (Wildman–Crippen LogP) is 17.5. The topological polar surface area (TPSA) is 50.9 Å². The number of fused-ring (bicyclic) bond motifs is 1. The summed E-state index contributed by atoms with van der Waals surface area (Å²) in [6, 6.07) is 49.9. The van der Waals surface area contributed by atoms with Gasteiger partial charge in [0.1, 0.15) is 11.6 Å². The summed E-state index contributed by atoms with van der Waals surface area (Å²) in [5.41, 5.74) is 15.4. The molecule has 0 amide bonds. The van der Waals surface area contributed by atoms with Gasteiger partial charge < -0.3 is 5.11 Å². The molecule has 2 aromatic heterocycles. The number of phenolic OH excluding ortho intramolecular Hbond substituents is 1. The number of aromatic nitrogens is 3. The molecule has 2 heterocycles. The van der Waals surface area contributed by atoms with Gasteiger partial charge in [0.05, 0.1) is 28.0 Å². The SMILES string of the molecule is [2H]C([2H])([2H])c1ccc(-c2ccnc(-c3cc(-c4ccccc4)cc(-c4cccc5c4nc(-c4cc(C)cc(C)c4O)n5-c4ccc(-c5c(C(C)(CC)CC)cccc5C(C)(CC)CC)cc4C([2H])([2H])[2H])c3)c2)cc1. The predicted molar refractivity (Wildman–Crippen MR) is 288 cm³/mol. The van der Waals surface area contributed by atoms with E-state index in [1.807, 2.05) is 103 Å². The molecule has 0 unspecified atom stereocenters. The van der Waals surface area contributed by atoms with Crippen molar-refractivity contribution in [2.45, 2.75) is 106 Å². The molecule has 7 aromatic carbocycles. The highest BCUT2D eigenvalue weighted by Gasteiger charge is 2.33. The molecule has 0 bridgehead atoms. The molecule has 0 spiro atoms. The minimum absolute atomic E-state index is 0.0727. The van der Waals surface area contributed by atoms with E-state index in [1.165, 1.54) is 11.1 Å². The molecule has 0 aliphatic rings. The number of hydrogen-bond donors (Lipinski definition) is 1. The highest BCUT2D eigenvalue weighted by Crippen LogP contribution is 2.47. The van der Waals surface area contributed by atoms with Crippen molar-refractivity contribution in [2.24, 2.45) is 0 Å². The lowest BCUT2D eigenvalue weighted by Crippen LogP contribution is -2.25. The van der Waals surface area contributed by atoms with Crippen molar-refractivity contribution >= 4 is 11.0 Å². The molecular weight excluding hydrogens is 827 g/mol. The summed E-state index contributed by atoms with van der Waals surface area (Å²) in [6.45, 7) is 12.7. The van der Waals surface area contributed by atoms with E-state index in [4.69, 9.17) is 14.1 Å². The molecule has 0 radical (unpaired) electrons. The van der Waals surface area contributed by atoms with Gasteiger partial charge in [-0.1, -0.05) is 144 Å². The van der Waals surface area contributed by atoms with Crippen LogP contribution in [-0.4, -0.2) is 19.6 Å².